The molecule has 0 saturated carbocycles. The van der Waals surface area contributed by atoms with Crippen LogP contribution in [0.4, 0.5) is 0 Å². The topological polar surface area (TPSA) is 80.8 Å². The van der Waals surface area contributed by atoms with Gasteiger partial charge in [-0.05, 0) is 43.0 Å². The molecule has 0 bridgehead atoms. The van der Waals surface area contributed by atoms with E-state index in [1.165, 1.54) is 6.20 Å². The fourth-order valence-corrected chi connectivity index (χ4v) is 3.50. The van der Waals surface area contributed by atoms with Gasteiger partial charge in [-0.3, -0.25) is 9.59 Å². The van der Waals surface area contributed by atoms with E-state index in [0.717, 1.165) is 12.8 Å². The van der Waals surface area contributed by atoms with Gasteiger partial charge in [0.25, 0.3) is 11.8 Å². The number of nitrogens with one attached hydrogen (secondary N) is 1. The molecule has 7 nitrogen and oxygen atoms in total. The van der Waals surface area contributed by atoms with Gasteiger partial charge in [-0.15, -0.1) is 0 Å². The van der Waals surface area contributed by atoms with E-state index in [0.29, 0.717) is 41.8 Å². The summed E-state index contributed by atoms with van der Waals surface area (Å²) in [6.45, 7) is 1.69. The van der Waals surface area contributed by atoms with Gasteiger partial charge in [0.15, 0.2) is 18.1 Å². The predicted molar refractivity (Wildman–Crippen MR) is 109 cm³/mol. The number of likely N-dealkylation sites (tertiary alicyclic amines) is 1. The number of ether oxygens (including phenoxy) is 2. The minimum atomic E-state index is -0.208. The van der Waals surface area contributed by atoms with Crippen molar-refractivity contribution in [1.82, 2.24) is 15.2 Å². The lowest BCUT2D eigenvalue weighted by molar-refractivity contribution is -0.123. The minimum absolute atomic E-state index is 0.0650. The third-order valence-electron chi connectivity index (χ3n) is 4.80. The number of pyridine rings is 1. The summed E-state index contributed by atoms with van der Waals surface area (Å²) >= 11 is 5.89. The van der Waals surface area contributed by atoms with Gasteiger partial charge in [0.05, 0.1) is 7.11 Å². The van der Waals surface area contributed by atoms with E-state index in [-0.39, 0.29) is 24.3 Å². The Bertz CT molecular complexity index is 861. The number of hydrogen-bond acceptors (Lipinski definition) is 5. The van der Waals surface area contributed by atoms with Crippen LogP contribution < -0.4 is 14.8 Å². The number of rotatable bonds is 7. The van der Waals surface area contributed by atoms with Gasteiger partial charge in [-0.2, -0.15) is 0 Å². The molecule has 0 spiro atoms. The molecule has 1 aliphatic rings. The Kier molecular flexibility index (Phi) is 7.30. The second-order valence-electron chi connectivity index (χ2n) is 6.87. The van der Waals surface area contributed by atoms with Crippen LogP contribution in [-0.2, 0) is 4.79 Å². The molecule has 1 aromatic heterocycles. The van der Waals surface area contributed by atoms with Crippen LogP contribution in [0, 0.1) is 5.92 Å². The molecule has 1 aliphatic heterocycles. The molecule has 2 aromatic rings. The number of benzene rings is 1. The maximum atomic E-state index is 12.7. The minimum Gasteiger partial charge on any atom is -0.493 e. The number of amides is 2. The van der Waals surface area contributed by atoms with Crippen LogP contribution in [-0.4, -0.2) is 55.0 Å². The van der Waals surface area contributed by atoms with Gasteiger partial charge in [0, 0.05) is 31.4 Å². The standard InChI is InChI=1S/C21H24ClN3O4/c1-28-17-6-2-3-7-18(17)29-14-20(26)24-12-15-5-4-10-25(13-15)21(27)16-8-9-23-19(22)11-16/h2-3,6-9,11,15H,4-5,10,12-14H2,1H3,(H,24,26). The number of para-hydroxylation sites is 2. The van der Waals surface area contributed by atoms with E-state index >= 15 is 0 Å². The molecule has 0 aliphatic carbocycles. The maximum Gasteiger partial charge on any atom is 0.257 e. The fourth-order valence-electron chi connectivity index (χ4n) is 3.32. The van der Waals surface area contributed by atoms with Gasteiger partial charge < -0.3 is 19.7 Å². The Morgan fingerprint density at radius 3 is 2.83 bits per heavy atom. The zero-order valence-corrected chi connectivity index (χ0v) is 17.0. The van der Waals surface area contributed by atoms with Gasteiger partial charge in [0.1, 0.15) is 5.15 Å². The predicted octanol–water partition coefficient (Wildman–Crippen LogP) is 2.79. The monoisotopic (exact) mass is 417 g/mol. The maximum absolute atomic E-state index is 12.7. The summed E-state index contributed by atoms with van der Waals surface area (Å²) in [5.41, 5.74) is 0.528. The number of methoxy groups -OCH3 is 1. The largest absolute Gasteiger partial charge is 0.493 e. The van der Waals surface area contributed by atoms with E-state index in [1.54, 1.807) is 36.3 Å². The molecule has 1 unspecified atom stereocenters. The van der Waals surface area contributed by atoms with Gasteiger partial charge in [-0.25, -0.2) is 4.98 Å². The van der Waals surface area contributed by atoms with E-state index in [9.17, 15) is 9.59 Å². The first-order valence-corrected chi connectivity index (χ1v) is 9.88. The van der Waals surface area contributed by atoms with Crippen molar-refractivity contribution in [3.63, 3.8) is 0 Å². The van der Waals surface area contributed by atoms with Crippen LogP contribution in [0.5, 0.6) is 11.5 Å². The first-order valence-electron chi connectivity index (χ1n) is 9.50. The Morgan fingerprint density at radius 1 is 1.28 bits per heavy atom. The van der Waals surface area contributed by atoms with E-state index in [1.807, 2.05) is 12.1 Å². The molecule has 1 aromatic carbocycles. The van der Waals surface area contributed by atoms with Crippen molar-refractivity contribution < 1.29 is 19.1 Å². The number of nitrogens with zero attached hydrogens (tertiary/aromatic N) is 2. The van der Waals surface area contributed by atoms with E-state index < -0.39 is 0 Å². The second-order valence-corrected chi connectivity index (χ2v) is 7.26. The van der Waals surface area contributed by atoms with E-state index in [4.69, 9.17) is 21.1 Å². The Labute approximate surface area is 175 Å². The summed E-state index contributed by atoms with van der Waals surface area (Å²) in [5.74, 6) is 1.03. The van der Waals surface area contributed by atoms with Crippen molar-refractivity contribution in [3.05, 3.63) is 53.3 Å². The highest BCUT2D eigenvalue weighted by Crippen LogP contribution is 2.25. The summed E-state index contributed by atoms with van der Waals surface area (Å²) in [5, 5.41) is 3.19. The zero-order chi connectivity index (χ0) is 20.6. The molecule has 1 atom stereocenters. The van der Waals surface area contributed by atoms with Gasteiger partial charge in [0.2, 0.25) is 0 Å². The molecule has 8 heteroatoms. The van der Waals surface area contributed by atoms with Crippen molar-refractivity contribution in [2.75, 3.05) is 33.4 Å². The molecule has 154 valence electrons. The Morgan fingerprint density at radius 2 is 2.07 bits per heavy atom. The zero-order valence-electron chi connectivity index (χ0n) is 16.3. The third kappa shape index (κ3) is 5.84. The summed E-state index contributed by atoms with van der Waals surface area (Å²) in [6.07, 6.45) is 3.37. The molecule has 1 N–H and O–H groups in total. The summed E-state index contributed by atoms with van der Waals surface area (Å²) < 4.78 is 10.7. The lowest BCUT2D eigenvalue weighted by Crippen LogP contribution is -2.44. The smallest absolute Gasteiger partial charge is 0.257 e. The molecular formula is C21H24ClN3O4. The lowest BCUT2D eigenvalue weighted by atomic mass is 9.97. The Hall–Kier alpha value is -2.80. The lowest BCUT2D eigenvalue weighted by Gasteiger charge is -2.33. The van der Waals surface area contributed by atoms with Crippen LogP contribution in [0.3, 0.4) is 0 Å². The molecule has 1 fully saturated rings. The number of halogens is 1. The summed E-state index contributed by atoms with van der Waals surface area (Å²) in [7, 11) is 1.55. The van der Waals surface area contributed by atoms with E-state index in [2.05, 4.69) is 10.3 Å². The van der Waals surface area contributed by atoms with Crippen molar-refractivity contribution >= 4 is 23.4 Å². The third-order valence-corrected chi connectivity index (χ3v) is 5.00. The highest BCUT2D eigenvalue weighted by molar-refractivity contribution is 6.29. The number of piperidine rings is 1. The first kappa shape index (κ1) is 20.9. The normalized spacial score (nSPS) is 16.2. The quantitative estimate of drug-likeness (QED) is 0.700. The molecule has 29 heavy (non-hydrogen) atoms. The molecular weight excluding hydrogens is 394 g/mol. The number of aromatic nitrogens is 1. The number of carbonyl (C=O) groups is 2. The number of carbonyl (C=O) groups excluding carboxylic acids is 2. The first-order chi connectivity index (χ1) is 14.1. The van der Waals surface area contributed by atoms with Crippen molar-refractivity contribution in [3.8, 4) is 11.5 Å². The summed E-state index contributed by atoms with van der Waals surface area (Å²) in [6, 6.07) is 10.4. The molecule has 2 heterocycles. The molecule has 3 rings (SSSR count). The highest BCUT2D eigenvalue weighted by atomic mass is 35.5. The van der Waals surface area contributed by atoms with Crippen molar-refractivity contribution in [1.29, 1.82) is 0 Å². The Balaban J connectivity index is 1.46. The molecule has 0 radical (unpaired) electrons. The van der Waals surface area contributed by atoms with Crippen LogP contribution >= 0.6 is 11.6 Å². The van der Waals surface area contributed by atoms with Crippen molar-refractivity contribution in [2.24, 2.45) is 5.92 Å². The van der Waals surface area contributed by atoms with Crippen molar-refractivity contribution in [2.45, 2.75) is 12.8 Å². The summed E-state index contributed by atoms with van der Waals surface area (Å²) in [4.78, 5) is 30.5. The second kappa shape index (κ2) is 10.1. The number of hydrogen-bond donors (Lipinski definition) is 1. The molecule has 2 amide bonds. The van der Waals surface area contributed by atoms with Crippen LogP contribution in [0.25, 0.3) is 0 Å². The SMILES string of the molecule is COc1ccccc1OCC(=O)NCC1CCCN(C(=O)c2ccnc(Cl)c2)C1. The highest BCUT2D eigenvalue weighted by Gasteiger charge is 2.25. The average molecular weight is 418 g/mol. The van der Waals surface area contributed by atoms with Gasteiger partial charge in [-0.1, -0.05) is 23.7 Å². The molecule has 1 saturated heterocycles. The average Bonchev–Trinajstić information content (AvgIpc) is 2.76. The van der Waals surface area contributed by atoms with Crippen LogP contribution in [0.2, 0.25) is 5.15 Å². The van der Waals surface area contributed by atoms with Crippen LogP contribution in [0.15, 0.2) is 42.6 Å². The van der Waals surface area contributed by atoms with Crippen LogP contribution in [0.1, 0.15) is 23.2 Å². The van der Waals surface area contributed by atoms with Gasteiger partial charge >= 0.3 is 0 Å². The fraction of sp³-hybridized carbons (Fsp3) is 0.381.